The highest BCUT2D eigenvalue weighted by Crippen LogP contribution is 2.44. The number of aromatic nitrogens is 3. The van der Waals surface area contributed by atoms with Crippen LogP contribution in [0, 0.1) is 18.6 Å². The molecule has 0 radical (unpaired) electrons. The number of hydrogen-bond acceptors (Lipinski definition) is 9. The Balaban J connectivity index is 1.30. The number of nitrogens with zero attached hydrogens (tertiary/aromatic N) is 5. The number of aromatic hydroxyl groups is 1. The Morgan fingerprint density at radius 1 is 1.06 bits per heavy atom. The molecular formula is C33H33F5N6O3. The molecule has 248 valence electrons. The van der Waals surface area contributed by atoms with Crippen molar-refractivity contribution in [1.29, 1.82) is 0 Å². The van der Waals surface area contributed by atoms with Crippen LogP contribution in [-0.4, -0.2) is 88.2 Å². The topological polar surface area (TPSA) is 95.9 Å². The van der Waals surface area contributed by atoms with Crippen LogP contribution in [0.4, 0.5) is 27.8 Å². The van der Waals surface area contributed by atoms with Crippen molar-refractivity contribution in [3.8, 4) is 28.8 Å². The monoisotopic (exact) mass is 656 g/mol. The Kier molecular flexibility index (Phi) is 7.28. The summed E-state index contributed by atoms with van der Waals surface area (Å²) in [7, 11) is 0. The minimum Gasteiger partial charge on any atom is -0.508 e. The molecule has 0 saturated carbocycles. The van der Waals surface area contributed by atoms with Crippen LogP contribution in [0.15, 0.2) is 24.3 Å². The molecule has 2 unspecified atom stereocenters. The van der Waals surface area contributed by atoms with Gasteiger partial charge in [-0.1, -0.05) is 6.07 Å². The van der Waals surface area contributed by atoms with E-state index in [0.717, 1.165) is 44.4 Å². The van der Waals surface area contributed by atoms with Gasteiger partial charge in [0.15, 0.2) is 17.4 Å². The third kappa shape index (κ3) is 5.16. The molecule has 0 aliphatic carbocycles. The molecule has 0 spiro atoms. The number of phenols is 1. The molecule has 2 aromatic heterocycles. The zero-order chi connectivity index (χ0) is 32.6. The lowest BCUT2D eigenvalue weighted by atomic mass is 9.95. The highest BCUT2D eigenvalue weighted by molar-refractivity contribution is 6.03. The molecule has 4 aromatic rings. The molecule has 4 aliphatic rings. The van der Waals surface area contributed by atoms with Gasteiger partial charge in [-0.15, -0.1) is 0 Å². The van der Waals surface area contributed by atoms with Gasteiger partial charge in [-0.2, -0.15) is 18.7 Å². The first-order valence-corrected chi connectivity index (χ1v) is 15.9. The third-order valence-electron chi connectivity index (χ3n) is 10.1. The van der Waals surface area contributed by atoms with Gasteiger partial charge in [-0.25, -0.2) is 18.2 Å². The fourth-order valence-electron chi connectivity index (χ4n) is 8.18. The Bertz CT molecular complexity index is 1890. The average molecular weight is 657 g/mol. The maximum atomic E-state index is 16.9. The van der Waals surface area contributed by atoms with Crippen LogP contribution in [0.25, 0.3) is 32.9 Å². The molecular weight excluding hydrogens is 623 g/mol. The number of fused-ring (bicyclic) bond motifs is 5. The lowest BCUT2D eigenvalue weighted by molar-refractivity contribution is -0.0510. The minimum absolute atomic E-state index is 0.0779. The van der Waals surface area contributed by atoms with E-state index < -0.39 is 35.7 Å². The highest BCUT2D eigenvalue weighted by atomic mass is 19.3. The molecule has 4 saturated heterocycles. The second-order valence-electron chi connectivity index (χ2n) is 13.2. The Morgan fingerprint density at radius 2 is 1.85 bits per heavy atom. The Hall–Kier alpha value is -4.04. The van der Waals surface area contributed by atoms with Gasteiger partial charge < -0.3 is 24.8 Å². The van der Waals surface area contributed by atoms with E-state index in [0.29, 0.717) is 43.0 Å². The maximum absolute atomic E-state index is 16.9. The summed E-state index contributed by atoms with van der Waals surface area (Å²) in [5.41, 5.74) is -0.771. The van der Waals surface area contributed by atoms with E-state index in [1.807, 2.05) is 0 Å². The van der Waals surface area contributed by atoms with E-state index >= 15 is 4.39 Å². The number of pyridine rings is 1. The predicted molar refractivity (Wildman–Crippen MR) is 164 cm³/mol. The van der Waals surface area contributed by atoms with E-state index in [1.54, 1.807) is 6.92 Å². The van der Waals surface area contributed by atoms with Gasteiger partial charge in [0, 0.05) is 49.1 Å². The number of hydrogen-bond donors (Lipinski definition) is 2. The van der Waals surface area contributed by atoms with Gasteiger partial charge in [-0.05, 0) is 62.7 Å². The maximum Gasteiger partial charge on any atom is 0.387 e. The van der Waals surface area contributed by atoms with Crippen LogP contribution >= 0.6 is 0 Å². The predicted octanol–water partition coefficient (Wildman–Crippen LogP) is 5.63. The molecule has 14 heteroatoms. The zero-order valence-corrected chi connectivity index (χ0v) is 25.6. The zero-order valence-electron chi connectivity index (χ0n) is 25.6. The lowest BCUT2D eigenvalue weighted by Gasteiger charge is -2.35. The van der Waals surface area contributed by atoms with Crippen LogP contribution in [-0.2, 0) is 0 Å². The van der Waals surface area contributed by atoms with Gasteiger partial charge in [0.2, 0.25) is 0 Å². The molecule has 8 rings (SSSR count). The summed E-state index contributed by atoms with van der Waals surface area (Å²) < 4.78 is 83.9. The van der Waals surface area contributed by atoms with E-state index in [4.69, 9.17) is 9.72 Å². The number of phenolic OH excluding ortho intramolecular Hbond substituents is 1. The van der Waals surface area contributed by atoms with E-state index in [-0.39, 0.29) is 58.0 Å². The molecule has 4 aliphatic heterocycles. The van der Waals surface area contributed by atoms with Gasteiger partial charge >= 0.3 is 12.6 Å². The molecule has 9 nitrogen and oxygen atoms in total. The summed E-state index contributed by atoms with van der Waals surface area (Å²) in [5.74, 6) is -2.67. The summed E-state index contributed by atoms with van der Waals surface area (Å²) in [4.78, 5) is 18.0. The molecule has 2 aromatic carbocycles. The number of anilines is 1. The van der Waals surface area contributed by atoms with Gasteiger partial charge in [0.1, 0.15) is 35.6 Å². The van der Waals surface area contributed by atoms with E-state index in [1.165, 1.54) is 12.1 Å². The van der Waals surface area contributed by atoms with E-state index in [9.17, 15) is 22.7 Å². The molecule has 2 bridgehead atoms. The van der Waals surface area contributed by atoms with Crippen LogP contribution < -0.4 is 19.7 Å². The number of aryl methyl sites for hydroxylation is 1. The number of benzene rings is 2. The standard InChI is InChI=1S/C33H33F5N6O3/c1-16-24-28(26(36)27(39-16)22-10-21(45)9-17-3-6-23(35)29(25(17)22)47-31(37)38)41-32(42-30(24)43-13-19-4-5-20(14-43)40-19)46-15-33-7-2-8-44(33)12-18(34)11-33/h3,6,9-10,18-20,31,40,45H,2,4-5,7-8,11-15H2,1H3/t18-,19?,20?,33+/m1/s1. The van der Waals surface area contributed by atoms with Crippen molar-refractivity contribution in [2.45, 2.75) is 69.4 Å². The van der Waals surface area contributed by atoms with Crippen molar-refractivity contribution in [2.24, 2.45) is 0 Å². The van der Waals surface area contributed by atoms with Gasteiger partial charge in [-0.3, -0.25) is 4.90 Å². The molecule has 0 amide bonds. The fourth-order valence-corrected chi connectivity index (χ4v) is 8.18. The van der Waals surface area contributed by atoms with Gasteiger partial charge in [0.25, 0.3) is 0 Å². The summed E-state index contributed by atoms with van der Waals surface area (Å²) in [6.07, 6.45) is 3.05. The number of nitrogens with one attached hydrogen (secondary N) is 1. The number of halogens is 5. The minimum atomic E-state index is -3.36. The fraction of sp³-hybridized carbons (Fsp3) is 0.485. The van der Waals surface area contributed by atoms with Crippen molar-refractivity contribution in [2.75, 3.05) is 37.7 Å². The first kappa shape index (κ1) is 30.3. The molecule has 4 atom stereocenters. The van der Waals surface area contributed by atoms with Crippen LogP contribution in [0.3, 0.4) is 0 Å². The summed E-state index contributed by atoms with van der Waals surface area (Å²) in [6, 6.07) is 4.96. The van der Waals surface area contributed by atoms with Crippen LogP contribution in [0.2, 0.25) is 0 Å². The van der Waals surface area contributed by atoms with Crippen molar-refractivity contribution < 1.29 is 36.5 Å². The summed E-state index contributed by atoms with van der Waals surface area (Å²) in [5, 5.41) is 14.4. The Morgan fingerprint density at radius 3 is 2.62 bits per heavy atom. The average Bonchev–Trinajstić information content (AvgIpc) is 3.68. The normalized spacial score (nSPS) is 25.8. The smallest absolute Gasteiger partial charge is 0.387 e. The SMILES string of the molecule is Cc1nc(-c2cc(O)cc3ccc(F)c(OC(F)F)c23)c(F)c2nc(OC[C@@]34CCCN3C[C@H](F)C4)nc(N3CC4CCC(C3)N4)c12. The van der Waals surface area contributed by atoms with Crippen molar-refractivity contribution in [3.63, 3.8) is 0 Å². The number of alkyl halides is 3. The first-order chi connectivity index (χ1) is 22.6. The molecule has 4 fully saturated rings. The first-order valence-electron chi connectivity index (χ1n) is 15.9. The molecule has 2 N–H and O–H groups in total. The quantitative estimate of drug-likeness (QED) is 0.245. The van der Waals surface area contributed by atoms with Gasteiger partial charge in [0.05, 0.1) is 16.6 Å². The number of rotatable bonds is 7. The van der Waals surface area contributed by atoms with E-state index in [2.05, 4.69) is 29.8 Å². The third-order valence-corrected chi connectivity index (χ3v) is 10.1. The second-order valence-corrected chi connectivity index (χ2v) is 13.2. The largest absolute Gasteiger partial charge is 0.508 e. The molecule has 47 heavy (non-hydrogen) atoms. The van der Waals surface area contributed by atoms with Crippen LogP contribution in [0.1, 0.15) is 37.8 Å². The Labute approximate surface area is 266 Å². The highest BCUT2D eigenvalue weighted by Gasteiger charge is 2.49. The summed E-state index contributed by atoms with van der Waals surface area (Å²) in [6.45, 7) is 0.792. The van der Waals surface area contributed by atoms with Crippen molar-refractivity contribution >= 4 is 27.5 Å². The summed E-state index contributed by atoms with van der Waals surface area (Å²) >= 11 is 0. The van der Waals surface area contributed by atoms with Crippen molar-refractivity contribution in [1.82, 2.24) is 25.2 Å². The molecule has 6 heterocycles. The van der Waals surface area contributed by atoms with Crippen molar-refractivity contribution in [3.05, 3.63) is 41.6 Å². The second kappa shape index (κ2) is 11.3. The lowest BCUT2D eigenvalue weighted by Crippen LogP contribution is -2.51. The number of piperazine rings is 1. The van der Waals surface area contributed by atoms with Crippen LogP contribution in [0.5, 0.6) is 17.5 Å². The number of ether oxygens (including phenoxy) is 2.